The van der Waals surface area contributed by atoms with Gasteiger partial charge in [-0.15, -0.1) is 0 Å². The lowest BCUT2D eigenvalue weighted by atomic mass is 9.96. The Morgan fingerprint density at radius 3 is 2.67 bits per heavy atom. The molecule has 0 unspecified atom stereocenters. The van der Waals surface area contributed by atoms with Crippen molar-refractivity contribution in [2.75, 3.05) is 33.9 Å². The Bertz CT molecular complexity index is 201. The standard InChI is InChI=1S/C11H22N2O2/c1-9(8-15-3)12-11(14)10-4-6-13(2)7-5-10/h9-10H,4-8H2,1-3H3,(H,12,14)/t9-/m0/s1. The minimum atomic E-state index is 0.113. The topological polar surface area (TPSA) is 41.6 Å². The number of likely N-dealkylation sites (tertiary alicyclic amines) is 1. The minimum absolute atomic E-state index is 0.113. The number of ether oxygens (including phenoxy) is 1. The highest BCUT2D eigenvalue weighted by Gasteiger charge is 2.23. The Morgan fingerprint density at radius 1 is 1.53 bits per heavy atom. The van der Waals surface area contributed by atoms with Gasteiger partial charge in [0.1, 0.15) is 0 Å². The Morgan fingerprint density at radius 2 is 2.13 bits per heavy atom. The third-order valence-corrected chi connectivity index (χ3v) is 2.89. The molecule has 1 rings (SSSR count). The number of amides is 1. The molecule has 88 valence electrons. The SMILES string of the molecule is COC[C@H](C)NC(=O)C1CCN(C)CC1. The fraction of sp³-hybridized carbons (Fsp3) is 0.909. The second kappa shape index (κ2) is 6.08. The summed E-state index contributed by atoms with van der Waals surface area (Å²) in [5.74, 6) is 0.383. The first-order valence-electron chi connectivity index (χ1n) is 5.61. The van der Waals surface area contributed by atoms with Gasteiger partial charge in [-0.05, 0) is 39.9 Å². The van der Waals surface area contributed by atoms with Crippen LogP contribution < -0.4 is 5.32 Å². The Kier molecular flexibility index (Phi) is 5.05. The average molecular weight is 214 g/mol. The molecule has 0 aromatic carbocycles. The van der Waals surface area contributed by atoms with E-state index in [1.54, 1.807) is 7.11 Å². The van der Waals surface area contributed by atoms with Gasteiger partial charge in [0, 0.05) is 19.1 Å². The predicted molar refractivity (Wildman–Crippen MR) is 59.7 cm³/mol. The zero-order chi connectivity index (χ0) is 11.3. The van der Waals surface area contributed by atoms with Crippen LogP contribution >= 0.6 is 0 Å². The van der Waals surface area contributed by atoms with Crippen molar-refractivity contribution in [3.8, 4) is 0 Å². The zero-order valence-electron chi connectivity index (χ0n) is 9.95. The highest BCUT2D eigenvalue weighted by Crippen LogP contribution is 2.15. The summed E-state index contributed by atoms with van der Waals surface area (Å²) in [7, 11) is 3.75. The first kappa shape index (κ1) is 12.5. The van der Waals surface area contributed by atoms with Crippen LogP contribution in [0, 0.1) is 5.92 Å². The van der Waals surface area contributed by atoms with E-state index < -0.39 is 0 Å². The maximum absolute atomic E-state index is 11.8. The normalized spacial score (nSPS) is 21.3. The average Bonchev–Trinajstić information content (AvgIpc) is 2.18. The van der Waals surface area contributed by atoms with Gasteiger partial charge in [-0.3, -0.25) is 4.79 Å². The molecule has 0 aromatic rings. The van der Waals surface area contributed by atoms with Gasteiger partial charge < -0.3 is 15.0 Å². The molecule has 1 aliphatic heterocycles. The number of carbonyl (C=O) groups excluding carboxylic acids is 1. The summed E-state index contributed by atoms with van der Waals surface area (Å²) in [6.45, 7) is 4.60. The lowest BCUT2D eigenvalue weighted by Gasteiger charge is -2.28. The van der Waals surface area contributed by atoms with E-state index in [0.717, 1.165) is 25.9 Å². The molecule has 1 saturated heterocycles. The van der Waals surface area contributed by atoms with Crippen LogP contribution in [0.4, 0.5) is 0 Å². The van der Waals surface area contributed by atoms with Crippen molar-refractivity contribution in [2.45, 2.75) is 25.8 Å². The number of nitrogens with one attached hydrogen (secondary N) is 1. The highest BCUT2D eigenvalue weighted by atomic mass is 16.5. The van der Waals surface area contributed by atoms with Gasteiger partial charge in [0.25, 0.3) is 0 Å². The van der Waals surface area contributed by atoms with Crippen LogP contribution in [-0.4, -0.2) is 50.7 Å². The highest BCUT2D eigenvalue weighted by molar-refractivity contribution is 5.79. The number of nitrogens with zero attached hydrogens (tertiary/aromatic N) is 1. The molecule has 0 radical (unpaired) electrons. The van der Waals surface area contributed by atoms with E-state index in [1.807, 2.05) is 6.92 Å². The van der Waals surface area contributed by atoms with Crippen molar-refractivity contribution in [2.24, 2.45) is 5.92 Å². The van der Waals surface area contributed by atoms with Crippen molar-refractivity contribution in [3.05, 3.63) is 0 Å². The van der Waals surface area contributed by atoms with Crippen LogP contribution in [0.1, 0.15) is 19.8 Å². The third-order valence-electron chi connectivity index (χ3n) is 2.89. The second-order valence-electron chi connectivity index (χ2n) is 4.44. The molecule has 1 atom stereocenters. The zero-order valence-corrected chi connectivity index (χ0v) is 9.95. The van der Waals surface area contributed by atoms with E-state index in [2.05, 4.69) is 17.3 Å². The number of methoxy groups -OCH3 is 1. The fourth-order valence-electron chi connectivity index (χ4n) is 1.92. The number of carbonyl (C=O) groups is 1. The summed E-state index contributed by atoms with van der Waals surface area (Å²) in [5, 5.41) is 2.98. The van der Waals surface area contributed by atoms with Crippen LogP contribution in [-0.2, 0) is 9.53 Å². The van der Waals surface area contributed by atoms with Crippen LogP contribution in [0.15, 0.2) is 0 Å². The lowest BCUT2D eigenvalue weighted by Crippen LogP contribution is -2.43. The maximum Gasteiger partial charge on any atom is 0.223 e. The summed E-state index contributed by atoms with van der Waals surface area (Å²) in [6, 6.07) is 0.113. The van der Waals surface area contributed by atoms with Crippen molar-refractivity contribution in [1.82, 2.24) is 10.2 Å². The molecular formula is C11H22N2O2. The molecule has 1 amide bonds. The summed E-state index contributed by atoms with van der Waals surface area (Å²) in [4.78, 5) is 14.1. The van der Waals surface area contributed by atoms with E-state index in [-0.39, 0.29) is 17.9 Å². The number of piperidine rings is 1. The second-order valence-corrected chi connectivity index (χ2v) is 4.44. The molecule has 0 spiro atoms. The van der Waals surface area contributed by atoms with Gasteiger partial charge in [0.2, 0.25) is 5.91 Å². The van der Waals surface area contributed by atoms with E-state index in [0.29, 0.717) is 6.61 Å². The number of hydrogen-bond acceptors (Lipinski definition) is 3. The van der Waals surface area contributed by atoms with Crippen LogP contribution in [0.25, 0.3) is 0 Å². The fourth-order valence-corrected chi connectivity index (χ4v) is 1.92. The molecule has 0 aromatic heterocycles. The Hall–Kier alpha value is -0.610. The van der Waals surface area contributed by atoms with E-state index in [4.69, 9.17) is 4.74 Å². The monoisotopic (exact) mass is 214 g/mol. The predicted octanol–water partition coefficient (Wildman–Crippen LogP) is 0.479. The van der Waals surface area contributed by atoms with Crippen molar-refractivity contribution >= 4 is 5.91 Å². The molecule has 0 saturated carbocycles. The Balaban J connectivity index is 2.27. The molecule has 0 bridgehead atoms. The molecule has 15 heavy (non-hydrogen) atoms. The summed E-state index contributed by atoms with van der Waals surface area (Å²) in [6.07, 6.45) is 1.95. The van der Waals surface area contributed by atoms with Crippen molar-refractivity contribution in [1.29, 1.82) is 0 Å². The lowest BCUT2D eigenvalue weighted by molar-refractivity contribution is -0.127. The molecule has 4 heteroatoms. The first-order chi connectivity index (χ1) is 7.13. The van der Waals surface area contributed by atoms with Gasteiger partial charge in [-0.2, -0.15) is 0 Å². The molecule has 1 heterocycles. The Labute approximate surface area is 92.0 Å². The number of hydrogen-bond donors (Lipinski definition) is 1. The summed E-state index contributed by atoms with van der Waals surface area (Å²) < 4.78 is 4.99. The molecule has 0 aliphatic carbocycles. The molecular weight excluding hydrogens is 192 g/mol. The maximum atomic E-state index is 11.8. The van der Waals surface area contributed by atoms with E-state index in [9.17, 15) is 4.79 Å². The summed E-state index contributed by atoms with van der Waals surface area (Å²) in [5.41, 5.74) is 0. The minimum Gasteiger partial charge on any atom is -0.383 e. The van der Waals surface area contributed by atoms with Crippen molar-refractivity contribution < 1.29 is 9.53 Å². The van der Waals surface area contributed by atoms with Crippen molar-refractivity contribution in [3.63, 3.8) is 0 Å². The van der Waals surface area contributed by atoms with E-state index in [1.165, 1.54) is 0 Å². The smallest absolute Gasteiger partial charge is 0.223 e. The molecule has 1 fully saturated rings. The van der Waals surface area contributed by atoms with Gasteiger partial charge in [-0.25, -0.2) is 0 Å². The van der Waals surface area contributed by atoms with E-state index >= 15 is 0 Å². The first-order valence-corrected chi connectivity index (χ1v) is 5.61. The number of rotatable bonds is 4. The van der Waals surface area contributed by atoms with Crippen LogP contribution in [0.2, 0.25) is 0 Å². The van der Waals surface area contributed by atoms with Gasteiger partial charge in [0.05, 0.1) is 6.61 Å². The quantitative estimate of drug-likeness (QED) is 0.740. The van der Waals surface area contributed by atoms with Gasteiger partial charge >= 0.3 is 0 Å². The largest absolute Gasteiger partial charge is 0.383 e. The third kappa shape index (κ3) is 4.18. The molecule has 1 N–H and O–H groups in total. The molecule has 4 nitrogen and oxygen atoms in total. The molecule has 1 aliphatic rings. The van der Waals surface area contributed by atoms with Crippen LogP contribution in [0.5, 0.6) is 0 Å². The van der Waals surface area contributed by atoms with Gasteiger partial charge in [0.15, 0.2) is 0 Å². The van der Waals surface area contributed by atoms with Gasteiger partial charge in [-0.1, -0.05) is 0 Å². The van der Waals surface area contributed by atoms with Crippen LogP contribution in [0.3, 0.4) is 0 Å². The summed E-state index contributed by atoms with van der Waals surface area (Å²) >= 11 is 0.